The van der Waals surface area contributed by atoms with Crippen LogP contribution in [-0.2, 0) is 13.1 Å². The third-order valence-corrected chi connectivity index (χ3v) is 5.43. The average molecular weight is 457 g/mol. The van der Waals surface area contributed by atoms with Gasteiger partial charge in [-0.3, -0.25) is 0 Å². The molecule has 0 bridgehead atoms. The van der Waals surface area contributed by atoms with E-state index in [2.05, 4.69) is 21.5 Å². The maximum absolute atomic E-state index is 6.29. The summed E-state index contributed by atoms with van der Waals surface area (Å²) in [4.78, 5) is 9.21. The van der Waals surface area contributed by atoms with E-state index in [1.807, 2.05) is 36.4 Å². The average Bonchev–Trinajstić information content (AvgIpc) is 3.54. The van der Waals surface area contributed by atoms with Gasteiger partial charge >= 0.3 is 0 Å². The van der Waals surface area contributed by atoms with Crippen LogP contribution in [0.15, 0.2) is 71.3 Å². The third kappa shape index (κ3) is 4.28. The maximum atomic E-state index is 6.29. The summed E-state index contributed by atoms with van der Waals surface area (Å²) >= 11 is 0. The Bertz CT molecular complexity index is 1410. The molecule has 3 aromatic heterocycles. The van der Waals surface area contributed by atoms with Crippen LogP contribution in [0.1, 0.15) is 11.1 Å². The van der Waals surface area contributed by atoms with Crippen LogP contribution in [0.5, 0.6) is 11.5 Å². The molecule has 3 heterocycles. The van der Waals surface area contributed by atoms with Crippen LogP contribution in [0.2, 0.25) is 0 Å². The number of hydrogen-bond acceptors (Lipinski definition) is 8. The molecule has 0 aliphatic carbocycles. The minimum atomic E-state index is 0.410. The number of ether oxygens (including phenoxy) is 2. The van der Waals surface area contributed by atoms with Crippen molar-refractivity contribution in [1.82, 2.24) is 24.9 Å². The number of rotatable bonds is 8. The van der Waals surface area contributed by atoms with Crippen molar-refractivity contribution < 1.29 is 13.9 Å². The first kappa shape index (κ1) is 21.5. The Kier molecular flexibility index (Phi) is 5.84. The van der Waals surface area contributed by atoms with Crippen molar-refractivity contribution >= 4 is 11.6 Å². The van der Waals surface area contributed by atoms with Gasteiger partial charge in [0, 0.05) is 30.8 Å². The van der Waals surface area contributed by atoms with E-state index in [1.165, 1.54) is 4.52 Å². The van der Waals surface area contributed by atoms with Gasteiger partial charge in [0.2, 0.25) is 5.82 Å². The molecule has 9 nitrogen and oxygen atoms in total. The summed E-state index contributed by atoms with van der Waals surface area (Å²) in [6, 6.07) is 19.3. The van der Waals surface area contributed by atoms with Crippen molar-refractivity contribution in [3.63, 3.8) is 0 Å². The van der Waals surface area contributed by atoms with Gasteiger partial charge in [0.15, 0.2) is 5.76 Å². The van der Waals surface area contributed by atoms with Gasteiger partial charge in [-0.25, -0.2) is 4.98 Å². The second-order valence-electron chi connectivity index (χ2n) is 7.67. The van der Waals surface area contributed by atoms with Crippen LogP contribution in [-0.4, -0.2) is 33.8 Å². The minimum Gasteiger partial charge on any atom is -0.497 e. The minimum absolute atomic E-state index is 0.410. The van der Waals surface area contributed by atoms with E-state index in [4.69, 9.17) is 24.6 Å². The van der Waals surface area contributed by atoms with Gasteiger partial charge in [-0.05, 0) is 35.4 Å². The van der Waals surface area contributed by atoms with Crippen molar-refractivity contribution in [3.8, 4) is 34.3 Å². The lowest BCUT2D eigenvalue weighted by Gasteiger charge is -2.12. The van der Waals surface area contributed by atoms with E-state index in [0.29, 0.717) is 36.3 Å². The van der Waals surface area contributed by atoms with Crippen LogP contribution >= 0.6 is 0 Å². The Morgan fingerprint density at radius 2 is 1.74 bits per heavy atom. The predicted molar refractivity (Wildman–Crippen MR) is 128 cm³/mol. The number of fused-ring (bicyclic) bond motifs is 1. The highest BCUT2D eigenvalue weighted by atomic mass is 16.5. The van der Waals surface area contributed by atoms with E-state index in [-0.39, 0.29) is 0 Å². The molecule has 172 valence electrons. The molecule has 2 aromatic carbocycles. The molecule has 5 aromatic rings. The number of furan rings is 1. The number of methoxy groups -OCH3 is 2. The summed E-state index contributed by atoms with van der Waals surface area (Å²) in [5, 5.41) is 7.90. The Balaban J connectivity index is 1.40. The monoisotopic (exact) mass is 456 g/mol. The molecule has 0 radical (unpaired) electrons. The topological polar surface area (TPSA) is 113 Å². The molecule has 0 unspecified atom stereocenters. The van der Waals surface area contributed by atoms with E-state index < -0.39 is 0 Å². The normalized spacial score (nSPS) is 11.1. The molecule has 3 N–H and O–H groups in total. The van der Waals surface area contributed by atoms with E-state index in [9.17, 15) is 0 Å². The van der Waals surface area contributed by atoms with E-state index in [0.717, 1.165) is 33.9 Å². The lowest BCUT2D eigenvalue weighted by Crippen LogP contribution is -2.14. The Morgan fingerprint density at radius 3 is 2.47 bits per heavy atom. The second-order valence-corrected chi connectivity index (χ2v) is 7.67. The molecule has 0 saturated heterocycles. The summed E-state index contributed by atoms with van der Waals surface area (Å²) < 4.78 is 17.6. The van der Waals surface area contributed by atoms with Crippen LogP contribution in [0, 0.1) is 0 Å². The lowest BCUT2D eigenvalue weighted by atomic mass is 10.0. The fraction of sp³-hybridized carbons (Fsp3) is 0.160. The summed E-state index contributed by atoms with van der Waals surface area (Å²) in [5.74, 6) is 3.36. The Labute approximate surface area is 196 Å². The molecule has 0 fully saturated rings. The quantitative estimate of drug-likeness (QED) is 0.361. The molecular formula is C25H24N6O3. The first-order valence-electron chi connectivity index (χ1n) is 10.7. The van der Waals surface area contributed by atoms with Crippen molar-refractivity contribution in [2.24, 2.45) is 0 Å². The highest BCUT2D eigenvalue weighted by Crippen LogP contribution is 2.26. The zero-order chi connectivity index (χ0) is 23.5. The zero-order valence-corrected chi connectivity index (χ0v) is 18.9. The van der Waals surface area contributed by atoms with Crippen molar-refractivity contribution in [3.05, 3.63) is 78.1 Å². The predicted octanol–water partition coefficient (Wildman–Crippen LogP) is 3.94. The number of hydrogen-bond donors (Lipinski definition) is 2. The van der Waals surface area contributed by atoms with E-state index >= 15 is 0 Å². The van der Waals surface area contributed by atoms with Crippen molar-refractivity contribution in [2.75, 3.05) is 20.0 Å². The van der Waals surface area contributed by atoms with Gasteiger partial charge in [0.1, 0.15) is 17.3 Å². The largest absolute Gasteiger partial charge is 0.497 e. The molecule has 0 saturated carbocycles. The van der Waals surface area contributed by atoms with Gasteiger partial charge in [0.25, 0.3) is 5.78 Å². The Morgan fingerprint density at radius 1 is 0.941 bits per heavy atom. The SMILES string of the molecule is COc1cc(CNCc2ccccc2-c2cc(N)n3nc(-c4ccco4)nc3n2)cc(OC)c1. The van der Waals surface area contributed by atoms with Gasteiger partial charge in [-0.15, -0.1) is 5.10 Å². The van der Waals surface area contributed by atoms with E-state index in [1.54, 1.807) is 38.7 Å². The maximum Gasteiger partial charge on any atom is 0.255 e. The van der Waals surface area contributed by atoms with Crippen molar-refractivity contribution in [2.45, 2.75) is 13.1 Å². The first-order valence-corrected chi connectivity index (χ1v) is 10.7. The number of nitrogens with one attached hydrogen (secondary N) is 1. The number of nitrogen functional groups attached to an aromatic ring is 1. The van der Waals surface area contributed by atoms with Gasteiger partial charge in [-0.2, -0.15) is 9.50 Å². The summed E-state index contributed by atoms with van der Waals surface area (Å²) in [7, 11) is 3.29. The Hall–Kier alpha value is -4.37. The van der Waals surface area contributed by atoms with Crippen molar-refractivity contribution in [1.29, 1.82) is 0 Å². The van der Waals surface area contributed by atoms with Gasteiger partial charge < -0.3 is 24.9 Å². The van der Waals surface area contributed by atoms with Gasteiger partial charge in [0.05, 0.1) is 26.2 Å². The van der Waals surface area contributed by atoms with Gasteiger partial charge in [-0.1, -0.05) is 24.3 Å². The second kappa shape index (κ2) is 9.24. The smallest absolute Gasteiger partial charge is 0.255 e. The number of nitrogens with zero attached hydrogens (tertiary/aromatic N) is 4. The molecule has 0 aliphatic heterocycles. The standard InChI is InChI=1S/C25H24N6O3/c1-32-18-10-16(11-19(12-18)33-2)14-27-15-17-6-3-4-7-20(17)21-13-23(26)31-25(28-21)29-24(30-31)22-8-5-9-34-22/h3-13,27H,14-15,26H2,1-2H3. The summed E-state index contributed by atoms with van der Waals surface area (Å²) in [5.41, 5.74) is 10.1. The molecule has 0 aliphatic rings. The van der Waals surface area contributed by atoms with Crippen LogP contribution in [0.3, 0.4) is 0 Å². The highest BCUT2D eigenvalue weighted by Gasteiger charge is 2.15. The third-order valence-electron chi connectivity index (χ3n) is 5.43. The first-order chi connectivity index (χ1) is 16.6. The molecule has 9 heteroatoms. The molecule has 0 spiro atoms. The molecule has 0 amide bonds. The lowest BCUT2D eigenvalue weighted by molar-refractivity contribution is 0.393. The number of anilines is 1. The molecule has 0 atom stereocenters. The zero-order valence-electron chi connectivity index (χ0n) is 18.9. The highest BCUT2D eigenvalue weighted by molar-refractivity contribution is 5.68. The van der Waals surface area contributed by atoms with Crippen LogP contribution in [0.25, 0.3) is 28.6 Å². The summed E-state index contributed by atoms with van der Waals surface area (Å²) in [6.45, 7) is 1.28. The number of benzene rings is 2. The fourth-order valence-corrected chi connectivity index (χ4v) is 3.77. The summed E-state index contributed by atoms with van der Waals surface area (Å²) in [6.07, 6.45) is 1.58. The number of nitrogens with two attached hydrogens (primary N) is 1. The van der Waals surface area contributed by atoms with Crippen LogP contribution in [0.4, 0.5) is 5.82 Å². The van der Waals surface area contributed by atoms with Crippen LogP contribution < -0.4 is 20.5 Å². The molecule has 5 rings (SSSR count). The molecule has 34 heavy (non-hydrogen) atoms. The fourth-order valence-electron chi connectivity index (χ4n) is 3.77. The molecular weight excluding hydrogens is 432 g/mol. The number of aromatic nitrogens is 4.